The highest BCUT2D eigenvalue weighted by atomic mass is 32.2. The molecular weight excluding hydrogens is 400 g/mol. The second kappa shape index (κ2) is 8.78. The topological polar surface area (TPSA) is 188 Å². The first kappa shape index (κ1) is 24.4. The molecule has 162 valence electrons. The molecule has 0 saturated heterocycles. The van der Waals surface area contributed by atoms with Gasteiger partial charge in [0.25, 0.3) is 0 Å². The predicted octanol–water partition coefficient (Wildman–Crippen LogP) is 0.130. The van der Waals surface area contributed by atoms with Gasteiger partial charge in [-0.1, -0.05) is 17.7 Å². The first-order valence-electron chi connectivity index (χ1n) is 8.74. The minimum absolute atomic E-state index is 0.220. The monoisotopic (exact) mass is 428 g/mol. The van der Waals surface area contributed by atoms with E-state index in [1.165, 1.54) is 24.3 Å². The first-order valence-corrected chi connectivity index (χ1v) is 10.2. The SMILES string of the molecule is Cc1ccc(S(=O)(=O)[C@](N)(C(=O)O)C(CCN=C(N)N)C(=O)OC(C)(C)C)cc1. The molecule has 1 unspecified atom stereocenters. The maximum atomic E-state index is 13.2. The molecule has 10 nitrogen and oxygen atoms in total. The van der Waals surface area contributed by atoms with Crippen molar-refractivity contribution < 1.29 is 27.9 Å². The summed E-state index contributed by atoms with van der Waals surface area (Å²) in [5, 5.41) is 9.81. The van der Waals surface area contributed by atoms with Crippen LogP contribution in [0.5, 0.6) is 0 Å². The third kappa shape index (κ3) is 5.67. The number of guanidine groups is 1. The Labute approximate surface area is 170 Å². The lowest BCUT2D eigenvalue weighted by Crippen LogP contribution is -2.62. The number of aryl methyl sites for hydroxylation is 1. The predicted molar refractivity (Wildman–Crippen MR) is 108 cm³/mol. The number of carbonyl (C=O) groups is 2. The Balaban J connectivity index is 3.57. The molecule has 29 heavy (non-hydrogen) atoms. The minimum atomic E-state index is -4.70. The van der Waals surface area contributed by atoms with E-state index in [2.05, 4.69) is 4.99 Å². The molecule has 0 aromatic heterocycles. The van der Waals surface area contributed by atoms with Crippen LogP contribution in [0.1, 0.15) is 32.8 Å². The fourth-order valence-corrected chi connectivity index (χ4v) is 4.27. The lowest BCUT2D eigenvalue weighted by Gasteiger charge is -2.33. The lowest BCUT2D eigenvalue weighted by atomic mass is 9.95. The highest BCUT2D eigenvalue weighted by Crippen LogP contribution is 2.33. The third-order valence-electron chi connectivity index (χ3n) is 4.03. The van der Waals surface area contributed by atoms with Gasteiger partial charge in [0.2, 0.25) is 14.7 Å². The van der Waals surface area contributed by atoms with Crippen LogP contribution in [-0.2, 0) is 24.2 Å². The van der Waals surface area contributed by atoms with E-state index in [0.717, 1.165) is 5.56 Å². The molecule has 1 aromatic rings. The highest BCUT2D eigenvalue weighted by molar-refractivity contribution is 7.93. The summed E-state index contributed by atoms with van der Waals surface area (Å²) in [6.45, 7) is 6.20. The Hall–Kier alpha value is -2.66. The normalized spacial score (nSPS) is 15.1. The van der Waals surface area contributed by atoms with E-state index in [9.17, 15) is 23.1 Å². The van der Waals surface area contributed by atoms with Crippen molar-refractivity contribution >= 4 is 27.7 Å². The fourth-order valence-electron chi connectivity index (χ4n) is 2.57. The van der Waals surface area contributed by atoms with Crippen LogP contribution in [0, 0.1) is 12.8 Å². The zero-order valence-electron chi connectivity index (χ0n) is 16.9. The van der Waals surface area contributed by atoms with Crippen LogP contribution in [0.4, 0.5) is 0 Å². The molecular formula is C18H28N4O6S. The number of hydrogen-bond donors (Lipinski definition) is 4. The van der Waals surface area contributed by atoms with Gasteiger partial charge in [0.05, 0.1) is 4.90 Å². The number of carboxylic acid groups (broad SMARTS) is 1. The van der Waals surface area contributed by atoms with Gasteiger partial charge in [0.1, 0.15) is 11.5 Å². The summed E-state index contributed by atoms with van der Waals surface area (Å²) in [5.41, 5.74) is 16.3. The quantitative estimate of drug-likeness (QED) is 0.253. The molecule has 0 saturated carbocycles. The summed E-state index contributed by atoms with van der Waals surface area (Å²) in [6.07, 6.45) is -0.360. The maximum absolute atomic E-state index is 13.2. The van der Waals surface area contributed by atoms with Crippen molar-refractivity contribution in [2.75, 3.05) is 6.54 Å². The van der Waals surface area contributed by atoms with Gasteiger partial charge in [0.15, 0.2) is 5.96 Å². The molecule has 0 heterocycles. The number of carbonyl (C=O) groups excluding carboxylic acids is 1. The molecule has 0 fully saturated rings. The molecule has 0 aliphatic heterocycles. The first-order chi connectivity index (χ1) is 13.1. The average Bonchev–Trinajstić information content (AvgIpc) is 2.56. The van der Waals surface area contributed by atoms with E-state index in [-0.39, 0.29) is 23.8 Å². The number of nitrogens with two attached hydrogens (primary N) is 3. The van der Waals surface area contributed by atoms with E-state index >= 15 is 0 Å². The number of aliphatic carboxylic acids is 1. The Kier molecular flexibility index (Phi) is 7.38. The number of aliphatic imine (C=N–C) groups is 1. The van der Waals surface area contributed by atoms with Crippen LogP contribution < -0.4 is 17.2 Å². The summed E-state index contributed by atoms with van der Waals surface area (Å²) in [4.78, 5) is 25.3. The largest absolute Gasteiger partial charge is 0.479 e. The van der Waals surface area contributed by atoms with Crippen LogP contribution in [0.2, 0.25) is 0 Å². The van der Waals surface area contributed by atoms with Gasteiger partial charge in [-0.3, -0.25) is 9.79 Å². The molecule has 0 radical (unpaired) electrons. The van der Waals surface area contributed by atoms with Crippen molar-refractivity contribution in [3.8, 4) is 0 Å². The van der Waals surface area contributed by atoms with Crippen LogP contribution in [-0.4, -0.2) is 48.4 Å². The number of hydrogen-bond acceptors (Lipinski definition) is 7. The highest BCUT2D eigenvalue weighted by Gasteiger charge is 2.58. The summed E-state index contributed by atoms with van der Waals surface area (Å²) in [5.74, 6) is -5.04. The smallest absolute Gasteiger partial charge is 0.340 e. The van der Waals surface area contributed by atoms with Crippen molar-refractivity contribution in [3.63, 3.8) is 0 Å². The van der Waals surface area contributed by atoms with Crippen molar-refractivity contribution in [1.82, 2.24) is 0 Å². The van der Waals surface area contributed by atoms with Gasteiger partial charge in [0, 0.05) is 6.54 Å². The zero-order chi connectivity index (χ0) is 22.6. The second-order valence-electron chi connectivity index (χ2n) is 7.60. The number of benzene rings is 1. The third-order valence-corrected chi connectivity index (χ3v) is 6.27. The molecule has 0 spiro atoms. The Morgan fingerprint density at radius 2 is 1.69 bits per heavy atom. The van der Waals surface area contributed by atoms with Crippen molar-refractivity contribution in [3.05, 3.63) is 29.8 Å². The number of sulfone groups is 1. The van der Waals surface area contributed by atoms with E-state index in [1.54, 1.807) is 27.7 Å². The van der Waals surface area contributed by atoms with Gasteiger partial charge in [-0.25, -0.2) is 13.2 Å². The van der Waals surface area contributed by atoms with Crippen LogP contribution in [0.3, 0.4) is 0 Å². The number of ether oxygens (including phenoxy) is 1. The van der Waals surface area contributed by atoms with Gasteiger partial charge in [-0.15, -0.1) is 0 Å². The number of carboxylic acids is 1. The van der Waals surface area contributed by atoms with E-state index in [4.69, 9.17) is 21.9 Å². The van der Waals surface area contributed by atoms with Crippen molar-refractivity contribution in [1.29, 1.82) is 0 Å². The number of esters is 1. The molecule has 7 N–H and O–H groups in total. The van der Waals surface area contributed by atoms with E-state index in [1.807, 2.05) is 0 Å². The maximum Gasteiger partial charge on any atom is 0.340 e. The van der Waals surface area contributed by atoms with Gasteiger partial charge < -0.3 is 27.0 Å². The van der Waals surface area contributed by atoms with Crippen LogP contribution >= 0.6 is 0 Å². The molecule has 1 aromatic carbocycles. The number of rotatable bonds is 8. The summed E-state index contributed by atoms with van der Waals surface area (Å²) >= 11 is 0. The lowest BCUT2D eigenvalue weighted by molar-refractivity contribution is -0.165. The van der Waals surface area contributed by atoms with Crippen LogP contribution in [0.15, 0.2) is 34.2 Å². The van der Waals surface area contributed by atoms with Crippen molar-refractivity contribution in [2.45, 2.75) is 49.5 Å². The average molecular weight is 429 g/mol. The van der Waals surface area contributed by atoms with Gasteiger partial charge >= 0.3 is 11.9 Å². The fraction of sp³-hybridized carbons (Fsp3) is 0.500. The van der Waals surface area contributed by atoms with E-state index < -0.39 is 38.2 Å². The summed E-state index contributed by atoms with van der Waals surface area (Å²) in [6, 6.07) is 5.46. The van der Waals surface area contributed by atoms with E-state index in [0.29, 0.717) is 0 Å². The Bertz CT molecular complexity index is 886. The van der Waals surface area contributed by atoms with Crippen LogP contribution in [0.25, 0.3) is 0 Å². The standard InChI is InChI=1S/C18H28N4O6S/c1-11-5-7-12(8-6-11)29(26,27)18(21,15(24)25)13(9-10-22-16(19)20)14(23)28-17(2,3)4/h5-8,13H,9-10,21H2,1-4H3,(H,24,25)(H4,19,20,22)/t13?,18-/m0/s1. The van der Waals surface area contributed by atoms with Crippen molar-refractivity contribution in [2.24, 2.45) is 28.1 Å². The second-order valence-corrected chi connectivity index (χ2v) is 9.75. The molecule has 0 amide bonds. The molecule has 11 heteroatoms. The summed E-state index contributed by atoms with van der Waals surface area (Å²) < 4.78 is 31.7. The summed E-state index contributed by atoms with van der Waals surface area (Å²) in [7, 11) is -4.70. The van der Waals surface area contributed by atoms with Gasteiger partial charge in [-0.05, 0) is 46.2 Å². The number of nitrogens with zero attached hydrogens (tertiary/aromatic N) is 1. The molecule has 1 rings (SSSR count). The Morgan fingerprint density at radius 1 is 1.17 bits per heavy atom. The minimum Gasteiger partial charge on any atom is -0.479 e. The molecule has 0 aliphatic rings. The molecule has 0 aliphatic carbocycles. The molecule has 0 bridgehead atoms. The zero-order valence-corrected chi connectivity index (χ0v) is 17.7. The Morgan fingerprint density at radius 3 is 2.10 bits per heavy atom. The van der Waals surface area contributed by atoms with Gasteiger partial charge in [-0.2, -0.15) is 0 Å². The molecule has 2 atom stereocenters.